The van der Waals surface area contributed by atoms with Crippen LogP contribution >= 0.6 is 0 Å². The van der Waals surface area contributed by atoms with E-state index in [9.17, 15) is 22.8 Å². The smallest absolute Gasteiger partial charge is 0.339 e. The third kappa shape index (κ3) is 5.62. The van der Waals surface area contributed by atoms with Gasteiger partial charge in [-0.1, -0.05) is 19.1 Å². The summed E-state index contributed by atoms with van der Waals surface area (Å²) in [5.74, 6) is -1.96. The number of sulfonamides is 1. The molecule has 9 nitrogen and oxygen atoms in total. The molecular formula is C21H30N2O7S. The zero-order valence-electron chi connectivity index (χ0n) is 18.4. The molecule has 1 amide bonds. The molecule has 1 atom stereocenters. The molecule has 1 saturated heterocycles. The molecule has 2 rings (SSSR count). The number of benzene rings is 1. The normalized spacial score (nSPS) is 16.4. The van der Waals surface area contributed by atoms with Crippen LogP contribution in [0.15, 0.2) is 29.2 Å². The number of carbonyl (C=O) groups excluding carboxylic acids is 3. The predicted octanol–water partition coefficient (Wildman–Crippen LogP) is 1.53. The Morgan fingerprint density at radius 2 is 1.74 bits per heavy atom. The van der Waals surface area contributed by atoms with Crippen LogP contribution in [0.5, 0.6) is 0 Å². The van der Waals surface area contributed by atoms with Gasteiger partial charge in [-0.05, 0) is 31.9 Å². The highest BCUT2D eigenvalue weighted by atomic mass is 32.2. The summed E-state index contributed by atoms with van der Waals surface area (Å²) in [6, 6.07) is 5.92. The van der Waals surface area contributed by atoms with Crippen LogP contribution in [0.3, 0.4) is 0 Å². The molecule has 0 bridgehead atoms. The first kappa shape index (κ1) is 24.8. The second-order valence-corrected chi connectivity index (χ2v) is 9.37. The highest BCUT2D eigenvalue weighted by Crippen LogP contribution is 2.27. The fourth-order valence-corrected chi connectivity index (χ4v) is 5.34. The van der Waals surface area contributed by atoms with E-state index in [1.165, 1.54) is 30.7 Å². The molecule has 10 heteroatoms. The molecule has 1 aliphatic rings. The van der Waals surface area contributed by atoms with Crippen molar-refractivity contribution in [2.75, 3.05) is 40.4 Å². The molecule has 1 unspecified atom stereocenters. The first-order chi connectivity index (χ1) is 14.7. The number of methoxy groups -OCH3 is 2. The third-order valence-electron chi connectivity index (χ3n) is 5.50. The van der Waals surface area contributed by atoms with E-state index in [0.29, 0.717) is 19.4 Å². The Morgan fingerprint density at radius 1 is 1.13 bits per heavy atom. The largest absolute Gasteiger partial charge is 0.469 e. The summed E-state index contributed by atoms with van der Waals surface area (Å²) in [5.41, 5.74) is -0.0165. The van der Waals surface area contributed by atoms with Crippen LogP contribution in [0.2, 0.25) is 0 Å². The molecule has 1 aromatic carbocycles. The van der Waals surface area contributed by atoms with Gasteiger partial charge in [0, 0.05) is 32.1 Å². The van der Waals surface area contributed by atoms with Crippen LogP contribution in [-0.4, -0.2) is 75.9 Å². The molecule has 0 saturated carbocycles. The fourth-order valence-electron chi connectivity index (χ4n) is 3.69. The highest BCUT2D eigenvalue weighted by Gasteiger charge is 2.35. The fraction of sp³-hybridized carbons (Fsp3) is 0.571. The lowest BCUT2D eigenvalue weighted by atomic mass is 9.96. The Balaban J connectivity index is 2.09. The van der Waals surface area contributed by atoms with E-state index in [1.807, 2.05) is 6.92 Å². The number of rotatable bonds is 8. The molecule has 31 heavy (non-hydrogen) atoms. The summed E-state index contributed by atoms with van der Waals surface area (Å²) in [6.45, 7) is 4.58. The summed E-state index contributed by atoms with van der Waals surface area (Å²) in [6.07, 6.45) is 0.725. The maximum absolute atomic E-state index is 13.1. The minimum atomic E-state index is -3.91. The number of hydrogen-bond acceptors (Lipinski definition) is 7. The molecule has 1 heterocycles. The summed E-state index contributed by atoms with van der Waals surface area (Å²) in [4.78, 5) is 38.1. The zero-order valence-corrected chi connectivity index (χ0v) is 19.2. The van der Waals surface area contributed by atoms with E-state index in [-0.39, 0.29) is 47.9 Å². The first-order valence-electron chi connectivity index (χ1n) is 10.2. The lowest BCUT2D eigenvalue weighted by molar-refractivity contribution is -0.147. The van der Waals surface area contributed by atoms with Gasteiger partial charge in [0.25, 0.3) is 0 Å². The number of piperidine rings is 1. The third-order valence-corrected chi connectivity index (χ3v) is 7.46. The minimum absolute atomic E-state index is 0.0165. The van der Waals surface area contributed by atoms with E-state index >= 15 is 0 Å². The first-order valence-corrected chi connectivity index (χ1v) is 11.6. The maximum atomic E-state index is 13.1. The Hall–Kier alpha value is -2.46. The van der Waals surface area contributed by atoms with Gasteiger partial charge >= 0.3 is 11.9 Å². The van der Waals surface area contributed by atoms with Crippen LogP contribution in [0, 0.1) is 11.8 Å². The summed E-state index contributed by atoms with van der Waals surface area (Å²) in [7, 11) is -1.40. The summed E-state index contributed by atoms with van der Waals surface area (Å²) >= 11 is 0. The Labute approximate surface area is 183 Å². The predicted molar refractivity (Wildman–Crippen MR) is 113 cm³/mol. The van der Waals surface area contributed by atoms with Gasteiger partial charge in [-0.2, -0.15) is 4.31 Å². The van der Waals surface area contributed by atoms with Gasteiger partial charge in [0.2, 0.25) is 15.9 Å². The van der Waals surface area contributed by atoms with E-state index in [4.69, 9.17) is 9.47 Å². The number of nitrogens with zero attached hydrogens (tertiary/aromatic N) is 2. The number of amides is 1. The van der Waals surface area contributed by atoms with Gasteiger partial charge in [0.1, 0.15) is 0 Å². The molecule has 1 aromatic rings. The van der Waals surface area contributed by atoms with Crippen LogP contribution < -0.4 is 0 Å². The van der Waals surface area contributed by atoms with Crippen molar-refractivity contribution in [2.45, 2.75) is 31.6 Å². The maximum Gasteiger partial charge on any atom is 0.339 e. The van der Waals surface area contributed by atoms with E-state index < -0.39 is 21.9 Å². The molecule has 0 N–H and O–H groups in total. The second kappa shape index (κ2) is 10.7. The van der Waals surface area contributed by atoms with Crippen molar-refractivity contribution in [1.82, 2.24) is 9.21 Å². The van der Waals surface area contributed by atoms with Gasteiger partial charge in [-0.15, -0.1) is 0 Å². The Bertz CT molecular complexity index is 908. The van der Waals surface area contributed by atoms with Crippen molar-refractivity contribution in [2.24, 2.45) is 11.8 Å². The van der Waals surface area contributed by atoms with Gasteiger partial charge < -0.3 is 14.4 Å². The summed E-state index contributed by atoms with van der Waals surface area (Å²) < 4.78 is 37.0. The van der Waals surface area contributed by atoms with Crippen molar-refractivity contribution >= 4 is 27.9 Å². The molecule has 0 aliphatic carbocycles. The number of carbonyl (C=O) groups is 3. The van der Waals surface area contributed by atoms with Crippen molar-refractivity contribution < 1.29 is 32.3 Å². The number of hydrogen-bond donors (Lipinski definition) is 0. The SMILES string of the molecule is CCN(CC(C)C(=O)OC)C(=O)C1CCN(S(=O)(=O)c2ccccc2C(=O)OC)CC1. The topological polar surface area (TPSA) is 110 Å². The lowest BCUT2D eigenvalue weighted by Crippen LogP contribution is -2.46. The van der Waals surface area contributed by atoms with Crippen LogP contribution in [0.1, 0.15) is 37.0 Å². The van der Waals surface area contributed by atoms with Gasteiger partial charge in [0.15, 0.2) is 0 Å². The average Bonchev–Trinajstić information content (AvgIpc) is 2.80. The van der Waals surface area contributed by atoms with Crippen LogP contribution in [0.4, 0.5) is 0 Å². The van der Waals surface area contributed by atoms with Crippen molar-refractivity contribution in [1.29, 1.82) is 0 Å². The van der Waals surface area contributed by atoms with Gasteiger partial charge in [-0.3, -0.25) is 9.59 Å². The number of ether oxygens (including phenoxy) is 2. The molecule has 172 valence electrons. The standard InChI is InChI=1S/C21H30N2O7S/c1-5-22(14-15(2)20(25)29-3)19(24)16-10-12-23(13-11-16)31(27,28)18-9-7-6-8-17(18)21(26)30-4/h6-9,15-16H,5,10-14H2,1-4H3. The van der Waals surface area contributed by atoms with E-state index in [1.54, 1.807) is 24.0 Å². The van der Waals surface area contributed by atoms with Crippen LogP contribution in [-0.2, 0) is 29.1 Å². The Kier molecular flexibility index (Phi) is 8.58. The quantitative estimate of drug-likeness (QED) is 0.548. The van der Waals surface area contributed by atoms with Crippen molar-refractivity contribution in [3.63, 3.8) is 0 Å². The molecular weight excluding hydrogens is 424 g/mol. The molecule has 0 radical (unpaired) electrons. The molecule has 1 fully saturated rings. The average molecular weight is 455 g/mol. The molecule has 1 aliphatic heterocycles. The lowest BCUT2D eigenvalue weighted by Gasteiger charge is -2.34. The summed E-state index contributed by atoms with van der Waals surface area (Å²) in [5, 5.41) is 0. The van der Waals surface area contributed by atoms with Gasteiger partial charge in [0.05, 0.1) is 30.6 Å². The van der Waals surface area contributed by atoms with E-state index in [0.717, 1.165) is 0 Å². The highest BCUT2D eigenvalue weighted by molar-refractivity contribution is 7.89. The van der Waals surface area contributed by atoms with E-state index in [2.05, 4.69) is 0 Å². The van der Waals surface area contributed by atoms with Crippen molar-refractivity contribution in [3.05, 3.63) is 29.8 Å². The van der Waals surface area contributed by atoms with Gasteiger partial charge in [-0.25, -0.2) is 13.2 Å². The zero-order chi connectivity index (χ0) is 23.2. The van der Waals surface area contributed by atoms with Crippen LogP contribution in [0.25, 0.3) is 0 Å². The molecule has 0 aromatic heterocycles. The number of esters is 2. The second-order valence-electron chi connectivity index (χ2n) is 7.47. The Morgan fingerprint density at radius 3 is 2.29 bits per heavy atom. The molecule has 0 spiro atoms. The minimum Gasteiger partial charge on any atom is -0.469 e. The monoisotopic (exact) mass is 454 g/mol. The van der Waals surface area contributed by atoms with Crippen molar-refractivity contribution in [3.8, 4) is 0 Å².